The van der Waals surface area contributed by atoms with Crippen molar-refractivity contribution in [2.45, 2.75) is 10.7 Å². The summed E-state index contributed by atoms with van der Waals surface area (Å²) >= 11 is 9.17. The fourth-order valence-electron chi connectivity index (χ4n) is 1.80. The third kappa shape index (κ3) is 2.19. The van der Waals surface area contributed by atoms with E-state index < -0.39 is 10.7 Å². The molecule has 1 aromatic carbocycles. The molecule has 90 valence electrons. The first-order chi connectivity index (χ1) is 8.09. The third-order valence-corrected chi connectivity index (χ3v) is 4.42. The monoisotopic (exact) mass is 316 g/mol. The van der Waals surface area contributed by atoms with Gasteiger partial charge in [-0.05, 0) is 11.6 Å². The zero-order chi connectivity index (χ0) is 12.5. The molecule has 2 unspecified atom stereocenters. The average Bonchev–Trinajstić information content (AvgIpc) is 2.37. The van der Waals surface area contributed by atoms with E-state index in [1.54, 1.807) is 12.2 Å². The van der Waals surface area contributed by atoms with E-state index in [0.717, 1.165) is 5.56 Å². The topological polar surface area (TPSA) is 9.23 Å². The molecule has 0 amide bonds. The van der Waals surface area contributed by atoms with Gasteiger partial charge in [-0.15, -0.1) is 0 Å². The van der Waals surface area contributed by atoms with Gasteiger partial charge in [0, 0.05) is 17.7 Å². The second kappa shape index (κ2) is 4.92. The molecule has 1 nitrogen and oxygen atoms in total. The molecule has 0 saturated carbocycles. The van der Waals surface area contributed by atoms with Crippen LogP contribution < -0.4 is 0 Å². The van der Waals surface area contributed by atoms with Crippen molar-refractivity contribution >= 4 is 33.1 Å². The van der Waals surface area contributed by atoms with Crippen LogP contribution in [0.1, 0.15) is 5.56 Å². The summed E-state index contributed by atoms with van der Waals surface area (Å²) in [6.07, 6.45) is 3.33. The minimum absolute atomic E-state index is 0.383. The Kier molecular flexibility index (Phi) is 3.71. The van der Waals surface area contributed by atoms with Crippen LogP contribution in [0.4, 0.5) is 4.39 Å². The predicted octanol–water partition coefficient (Wildman–Crippen LogP) is 4.28. The van der Waals surface area contributed by atoms with Crippen LogP contribution >= 0.6 is 27.5 Å². The molecule has 0 fully saturated rings. The number of halogens is 3. The first-order valence-corrected chi connectivity index (χ1v) is 6.40. The van der Waals surface area contributed by atoms with Gasteiger partial charge < -0.3 is 4.74 Å². The van der Waals surface area contributed by atoms with Gasteiger partial charge in [-0.2, -0.15) is 0 Å². The predicted molar refractivity (Wildman–Crippen MR) is 71.9 cm³/mol. The Morgan fingerprint density at radius 3 is 2.53 bits per heavy atom. The lowest BCUT2D eigenvalue weighted by Gasteiger charge is -2.33. The Hall–Kier alpha value is -0.640. The molecule has 1 aliphatic carbocycles. The summed E-state index contributed by atoms with van der Waals surface area (Å²) in [5.74, 6) is -1.95. The fraction of sp³-hybridized carbons (Fsp3) is 0.231. The number of hydrogen-bond acceptors (Lipinski definition) is 1. The van der Waals surface area contributed by atoms with Crippen molar-refractivity contribution in [1.82, 2.24) is 0 Å². The maximum atomic E-state index is 14.8. The highest BCUT2D eigenvalue weighted by molar-refractivity contribution is 9.09. The smallest absolute Gasteiger partial charge is 0.253 e. The normalized spacial score (nSPS) is 28.6. The maximum Gasteiger partial charge on any atom is 0.253 e. The van der Waals surface area contributed by atoms with Crippen LogP contribution in [-0.4, -0.2) is 17.8 Å². The van der Waals surface area contributed by atoms with Gasteiger partial charge in [0.15, 0.2) is 0 Å². The standard InChI is InChI=1S/C13H11BrClFO/c1-17-13(16)10(7-8-11(15)12(13)14)9-5-3-2-4-6-9/h2-8,12H,1H3. The molecule has 0 spiro atoms. The molecule has 17 heavy (non-hydrogen) atoms. The lowest BCUT2D eigenvalue weighted by Crippen LogP contribution is -2.39. The summed E-state index contributed by atoms with van der Waals surface area (Å²) in [5.41, 5.74) is 1.24. The van der Waals surface area contributed by atoms with E-state index in [1.165, 1.54) is 7.11 Å². The largest absolute Gasteiger partial charge is 0.344 e. The van der Waals surface area contributed by atoms with Gasteiger partial charge in [0.1, 0.15) is 4.83 Å². The summed E-state index contributed by atoms with van der Waals surface area (Å²) in [7, 11) is 1.33. The molecule has 1 aliphatic rings. The minimum Gasteiger partial charge on any atom is -0.344 e. The highest BCUT2D eigenvalue weighted by Crippen LogP contribution is 2.44. The van der Waals surface area contributed by atoms with Crippen LogP contribution in [-0.2, 0) is 4.74 Å². The van der Waals surface area contributed by atoms with E-state index in [1.807, 2.05) is 30.3 Å². The zero-order valence-electron chi connectivity index (χ0n) is 9.16. The summed E-state index contributed by atoms with van der Waals surface area (Å²) in [6.45, 7) is 0. The molecular formula is C13H11BrClFO. The van der Waals surface area contributed by atoms with Crippen molar-refractivity contribution in [1.29, 1.82) is 0 Å². The van der Waals surface area contributed by atoms with Crippen LogP contribution in [0.2, 0.25) is 0 Å². The minimum atomic E-state index is -1.95. The molecule has 0 aromatic heterocycles. The van der Waals surface area contributed by atoms with E-state index >= 15 is 0 Å². The second-order valence-electron chi connectivity index (χ2n) is 3.71. The van der Waals surface area contributed by atoms with Gasteiger partial charge >= 0.3 is 0 Å². The molecule has 0 radical (unpaired) electrons. The van der Waals surface area contributed by atoms with Gasteiger partial charge in [0.2, 0.25) is 0 Å². The van der Waals surface area contributed by atoms with Crippen molar-refractivity contribution in [3.63, 3.8) is 0 Å². The van der Waals surface area contributed by atoms with Gasteiger partial charge in [-0.3, -0.25) is 0 Å². The van der Waals surface area contributed by atoms with Crippen LogP contribution in [0.3, 0.4) is 0 Å². The number of ether oxygens (including phenoxy) is 1. The number of alkyl halides is 2. The molecule has 0 saturated heterocycles. The molecule has 0 heterocycles. The molecule has 0 bridgehead atoms. The molecule has 1 aromatic rings. The Morgan fingerprint density at radius 2 is 1.94 bits per heavy atom. The Morgan fingerprint density at radius 1 is 1.29 bits per heavy atom. The van der Waals surface area contributed by atoms with E-state index in [0.29, 0.717) is 10.6 Å². The first kappa shape index (κ1) is 12.8. The number of hydrogen-bond donors (Lipinski definition) is 0. The SMILES string of the molecule is COC1(F)C(c2ccccc2)=CC=C(Cl)C1Br. The molecule has 2 rings (SSSR count). The fourth-order valence-corrected chi connectivity index (χ4v) is 2.59. The van der Waals surface area contributed by atoms with Crippen molar-refractivity contribution in [3.8, 4) is 0 Å². The van der Waals surface area contributed by atoms with Gasteiger partial charge in [0.25, 0.3) is 5.85 Å². The van der Waals surface area contributed by atoms with Crippen LogP contribution in [0.25, 0.3) is 5.57 Å². The highest BCUT2D eigenvalue weighted by atomic mass is 79.9. The van der Waals surface area contributed by atoms with E-state index in [-0.39, 0.29) is 0 Å². The van der Waals surface area contributed by atoms with Gasteiger partial charge in [-0.1, -0.05) is 63.9 Å². The summed E-state index contributed by atoms with van der Waals surface area (Å²) in [5, 5.41) is 0.383. The lowest BCUT2D eigenvalue weighted by molar-refractivity contribution is -0.0622. The third-order valence-electron chi connectivity index (χ3n) is 2.73. The second-order valence-corrected chi connectivity index (χ2v) is 5.06. The lowest BCUT2D eigenvalue weighted by atomic mass is 9.92. The van der Waals surface area contributed by atoms with Crippen LogP contribution in [0.5, 0.6) is 0 Å². The van der Waals surface area contributed by atoms with E-state index in [9.17, 15) is 4.39 Å². The summed E-state index contributed by atoms with van der Waals surface area (Å²) in [4.78, 5) is -0.693. The highest BCUT2D eigenvalue weighted by Gasteiger charge is 2.45. The van der Waals surface area contributed by atoms with Crippen molar-refractivity contribution < 1.29 is 9.13 Å². The zero-order valence-corrected chi connectivity index (χ0v) is 11.5. The van der Waals surface area contributed by atoms with E-state index in [2.05, 4.69) is 15.9 Å². The maximum absolute atomic E-state index is 14.8. The molecule has 0 aliphatic heterocycles. The number of rotatable bonds is 2. The van der Waals surface area contributed by atoms with Crippen LogP contribution in [0.15, 0.2) is 47.5 Å². The number of allylic oxidation sites excluding steroid dienone is 2. The Labute approximate surface area is 113 Å². The van der Waals surface area contributed by atoms with Crippen molar-refractivity contribution in [3.05, 3.63) is 53.1 Å². The molecular weight excluding hydrogens is 306 g/mol. The number of methoxy groups -OCH3 is 1. The Balaban J connectivity index is 2.52. The van der Waals surface area contributed by atoms with Crippen molar-refractivity contribution in [2.24, 2.45) is 0 Å². The van der Waals surface area contributed by atoms with Gasteiger partial charge in [0.05, 0.1) is 0 Å². The average molecular weight is 318 g/mol. The van der Waals surface area contributed by atoms with Crippen LogP contribution in [0, 0.1) is 0 Å². The molecule has 0 N–H and O–H groups in total. The van der Waals surface area contributed by atoms with Crippen molar-refractivity contribution in [2.75, 3.05) is 7.11 Å². The quantitative estimate of drug-likeness (QED) is 0.740. The summed E-state index contributed by atoms with van der Waals surface area (Å²) in [6, 6.07) is 9.27. The summed E-state index contributed by atoms with van der Waals surface area (Å²) < 4.78 is 19.9. The van der Waals surface area contributed by atoms with Gasteiger partial charge in [-0.25, -0.2) is 4.39 Å². The molecule has 4 heteroatoms. The van der Waals surface area contributed by atoms with E-state index in [4.69, 9.17) is 16.3 Å². The Bertz CT molecular complexity index is 472. The number of benzene rings is 1. The first-order valence-electron chi connectivity index (χ1n) is 5.11. The molecule has 2 atom stereocenters.